The van der Waals surface area contributed by atoms with Crippen molar-refractivity contribution < 1.29 is 4.79 Å². The van der Waals surface area contributed by atoms with E-state index >= 15 is 0 Å². The fourth-order valence-corrected chi connectivity index (χ4v) is 4.16. The molecular weight excluding hydrogens is 544 g/mol. The second kappa shape index (κ2) is 17.3. The van der Waals surface area contributed by atoms with E-state index in [2.05, 4.69) is 22.9 Å². The lowest BCUT2D eigenvalue weighted by Crippen LogP contribution is -2.56. The Labute approximate surface area is 228 Å². The highest BCUT2D eigenvalue weighted by Gasteiger charge is 2.34. The number of hydrogen-bond acceptors (Lipinski definition) is 2. The predicted molar refractivity (Wildman–Crippen MR) is 149 cm³/mol. The first kappa shape index (κ1) is 30.9. The van der Waals surface area contributed by atoms with Gasteiger partial charge in [0.2, 0.25) is 9.70 Å². The minimum Gasteiger partial charge on any atom is -0.339 e. The molecule has 1 unspecified atom stereocenters. The van der Waals surface area contributed by atoms with Crippen LogP contribution in [-0.4, -0.2) is 21.0 Å². The molecule has 0 heterocycles. The van der Waals surface area contributed by atoms with Crippen molar-refractivity contribution in [2.75, 3.05) is 5.32 Å². The maximum absolute atomic E-state index is 12.4. The van der Waals surface area contributed by atoms with Gasteiger partial charge in [-0.25, -0.2) is 0 Å². The van der Waals surface area contributed by atoms with E-state index in [1.807, 2.05) is 0 Å². The number of carbonyl (C=O) groups is 1. The highest BCUT2D eigenvalue weighted by Crippen LogP contribution is 2.30. The second-order valence-corrected chi connectivity index (χ2v) is 11.7. The number of nitrogens with one attached hydrogen (secondary N) is 3. The van der Waals surface area contributed by atoms with Crippen molar-refractivity contribution in [3.05, 3.63) is 28.2 Å². The van der Waals surface area contributed by atoms with E-state index in [1.165, 1.54) is 51.4 Å². The van der Waals surface area contributed by atoms with Crippen LogP contribution in [0.4, 0.5) is 5.69 Å². The third kappa shape index (κ3) is 14.7. The summed E-state index contributed by atoms with van der Waals surface area (Å²) in [4.78, 5) is 12.4. The Bertz CT molecular complexity index is 731. The minimum absolute atomic E-state index is 0.130. The van der Waals surface area contributed by atoms with Gasteiger partial charge in [0.15, 0.2) is 5.11 Å². The largest absolute Gasteiger partial charge is 0.339 e. The van der Waals surface area contributed by atoms with Gasteiger partial charge in [0.05, 0.1) is 10.7 Å². The molecule has 0 aromatic heterocycles. The molecular formula is C23H34Cl5N3OS. The molecule has 4 nitrogen and oxygen atoms in total. The molecule has 0 aliphatic carbocycles. The first-order chi connectivity index (χ1) is 15.6. The Balaban J connectivity index is 2.31. The summed E-state index contributed by atoms with van der Waals surface area (Å²) in [6.07, 6.45) is 12.7. The standard InChI is InChI=1S/C23H34Cl5N3OS/c1-2-3-4-5-6-7-8-9-10-11-12-13-20(32)30-21(23(26,27)28)31-22(33)29-19-16-17(24)14-15-18(19)25/h14-16,21H,2-13H2,1H3,(H,30,32)(H2,29,31,33). The van der Waals surface area contributed by atoms with Gasteiger partial charge in [0.25, 0.3) is 0 Å². The Morgan fingerprint density at radius 1 is 0.909 bits per heavy atom. The molecule has 0 fully saturated rings. The maximum atomic E-state index is 12.4. The summed E-state index contributed by atoms with van der Waals surface area (Å²) in [6.45, 7) is 2.24. The molecule has 1 amide bonds. The Hall–Kier alpha value is -0.170. The molecule has 1 rings (SSSR count). The third-order valence-corrected chi connectivity index (χ3v) is 6.53. The summed E-state index contributed by atoms with van der Waals surface area (Å²) >= 11 is 35.5. The summed E-state index contributed by atoms with van der Waals surface area (Å²) in [5, 5.41) is 9.46. The SMILES string of the molecule is CCCCCCCCCCCCCC(=O)NC(NC(=S)Nc1cc(Cl)ccc1Cl)C(Cl)(Cl)Cl. The normalized spacial score (nSPS) is 12.3. The number of unbranched alkanes of at least 4 members (excludes halogenated alkanes) is 10. The van der Waals surface area contributed by atoms with Crippen LogP contribution >= 0.6 is 70.2 Å². The van der Waals surface area contributed by atoms with Crippen LogP contribution in [0.1, 0.15) is 84.0 Å². The molecule has 0 spiro atoms. The van der Waals surface area contributed by atoms with Crippen LogP contribution in [0, 0.1) is 0 Å². The van der Waals surface area contributed by atoms with Crippen LogP contribution in [0.3, 0.4) is 0 Å². The topological polar surface area (TPSA) is 53.2 Å². The van der Waals surface area contributed by atoms with Crippen molar-refractivity contribution >= 4 is 86.9 Å². The van der Waals surface area contributed by atoms with Gasteiger partial charge in [-0.1, -0.05) is 129 Å². The molecule has 0 bridgehead atoms. The lowest BCUT2D eigenvalue weighted by Gasteiger charge is -2.28. The van der Waals surface area contributed by atoms with Crippen LogP contribution in [-0.2, 0) is 4.79 Å². The smallest absolute Gasteiger partial charge is 0.228 e. The fraction of sp³-hybridized carbons (Fsp3) is 0.652. The zero-order chi connectivity index (χ0) is 24.7. The predicted octanol–water partition coefficient (Wildman–Crippen LogP) is 8.79. The Morgan fingerprint density at radius 3 is 2.00 bits per heavy atom. The number of benzene rings is 1. The van der Waals surface area contributed by atoms with E-state index in [1.54, 1.807) is 18.2 Å². The number of amides is 1. The van der Waals surface area contributed by atoms with Crippen LogP contribution in [0.25, 0.3) is 0 Å². The van der Waals surface area contributed by atoms with Gasteiger partial charge in [-0.15, -0.1) is 0 Å². The summed E-state index contributed by atoms with van der Waals surface area (Å²) in [5.74, 6) is -0.210. The van der Waals surface area contributed by atoms with Crippen LogP contribution in [0.2, 0.25) is 10.0 Å². The number of hydrogen-bond donors (Lipinski definition) is 3. The monoisotopic (exact) mass is 575 g/mol. The van der Waals surface area contributed by atoms with Gasteiger partial charge in [0.1, 0.15) is 6.17 Å². The average Bonchev–Trinajstić information content (AvgIpc) is 2.73. The molecule has 1 aromatic carbocycles. The van der Waals surface area contributed by atoms with E-state index in [-0.39, 0.29) is 11.0 Å². The molecule has 0 aliphatic rings. The first-order valence-corrected chi connectivity index (χ1v) is 13.8. The maximum Gasteiger partial charge on any atom is 0.228 e. The minimum atomic E-state index is -1.81. The number of thiocarbonyl (C=S) groups is 1. The number of alkyl halides is 3. The molecule has 3 N–H and O–H groups in total. The quantitative estimate of drug-likeness (QED) is 0.0844. The molecule has 0 radical (unpaired) electrons. The van der Waals surface area contributed by atoms with Crippen LogP contribution in [0.5, 0.6) is 0 Å². The fourth-order valence-electron chi connectivity index (χ4n) is 3.27. The molecule has 0 saturated carbocycles. The Morgan fingerprint density at radius 2 is 1.45 bits per heavy atom. The van der Waals surface area contributed by atoms with Gasteiger partial charge in [-0.2, -0.15) is 0 Å². The zero-order valence-electron chi connectivity index (χ0n) is 19.0. The third-order valence-electron chi connectivity index (χ3n) is 5.09. The number of anilines is 1. The summed E-state index contributed by atoms with van der Waals surface area (Å²) in [6, 6.07) is 4.91. The summed E-state index contributed by atoms with van der Waals surface area (Å²) in [7, 11) is 0. The van der Waals surface area contributed by atoms with Crippen LogP contribution in [0.15, 0.2) is 18.2 Å². The van der Waals surface area contributed by atoms with E-state index in [0.717, 1.165) is 19.3 Å². The van der Waals surface area contributed by atoms with Crippen molar-refractivity contribution in [3.63, 3.8) is 0 Å². The Kier molecular flexibility index (Phi) is 16.2. The molecule has 0 saturated heterocycles. The number of carbonyl (C=O) groups excluding carboxylic acids is 1. The lowest BCUT2D eigenvalue weighted by atomic mass is 10.1. The molecule has 33 heavy (non-hydrogen) atoms. The van der Waals surface area contributed by atoms with Crippen LogP contribution < -0.4 is 16.0 Å². The van der Waals surface area contributed by atoms with Gasteiger partial charge in [0, 0.05) is 11.4 Å². The lowest BCUT2D eigenvalue weighted by molar-refractivity contribution is -0.122. The van der Waals surface area contributed by atoms with E-state index in [4.69, 9.17) is 70.2 Å². The van der Waals surface area contributed by atoms with Crippen molar-refractivity contribution in [3.8, 4) is 0 Å². The van der Waals surface area contributed by atoms with Gasteiger partial charge in [-0.3, -0.25) is 4.79 Å². The van der Waals surface area contributed by atoms with Crippen molar-refractivity contribution in [2.45, 2.75) is 93.9 Å². The van der Waals surface area contributed by atoms with Crippen molar-refractivity contribution in [2.24, 2.45) is 0 Å². The molecule has 0 aliphatic heterocycles. The number of rotatable bonds is 15. The zero-order valence-corrected chi connectivity index (χ0v) is 23.6. The number of halogens is 5. The highest BCUT2D eigenvalue weighted by molar-refractivity contribution is 7.80. The van der Waals surface area contributed by atoms with Crippen molar-refractivity contribution in [1.29, 1.82) is 0 Å². The highest BCUT2D eigenvalue weighted by atomic mass is 35.6. The molecule has 1 aromatic rings. The van der Waals surface area contributed by atoms with E-state index in [9.17, 15) is 4.79 Å². The first-order valence-electron chi connectivity index (χ1n) is 11.5. The van der Waals surface area contributed by atoms with Gasteiger partial charge >= 0.3 is 0 Å². The van der Waals surface area contributed by atoms with Gasteiger partial charge in [-0.05, 0) is 36.8 Å². The summed E-state index contributed by atoms with van der Waals surface area (Å²) in [5.41, 5.74) is 0.497. The van der Waals surface area contributed by atoms with Gasteiger partial charge < -0.3 is 16.0 Å². The van der Waals surface area contributed by atoms with Crippen molar-refractivity contribution in [1.82, 2.24) is 10.6 Å². The molecule has 1 atom stereocenters. The second-order valence-electron chi connectivity index (χ2n) is 8.05. The van der Waals surface area contributed by atoms with E-state index in [0.29, 0.717) is 22.2 Å². The van der Waals surface area contributed by atoms with E-state index < -0.39 is 9.96 Å². The molecule has 188 valence electrons. The summed E-state index contributed by atoms with van der Waals surface area (Å²) < 4.78 is -1.81. The molecule has 10 heteroatoms. The average molecular weight is 578 g/mol.